The van der Waals surface area contributed by atoms with Gasteiger partial charge in [-0.25, -0.2) is 4.39 Å². The molecule has 134 valence electrons. The molecule has 9 heteroatoms. The maximum atomic E-state index is 13.1. The second-order valence-electron chi connectivity index (χ2n) is 5.67. The van der Waals surface area contributed by atoms with Crippen molar-refractivity contribution in [2.24, 2.45) is 0 Å². The highest BCUT2D eigenvalue weighted by molar-refractivity contribution is 7.86. The first-order valence-corrected chi connectivity index (χ1v) is 9.04. The van der Waals surface area contributed by atoms with Crippen LogP contribution in [-0.2, 0) is 15.0 Å². The number of nitrogens with zero attached hydrogens (tertiary/aromatic N) is 3. The normalized spacial score (nSPS) is 16.9. The van der Waals surface area contributed by atoms with Gasteiger partial charge in [0.2, 0.25) is 0 Å². The molecule has 0 atom stereocenters. The number of ether oxygens (including phenoxy) is 1. The Hall–Kier alpha value is -1.71. The van der Waals surface area contributed by atoms with E-state index in [1.165, 1.54) is 36.6 Å². The maximum Gasteiger partial charge on any atom is 0.281 e. The molecule has 24 heavy (non-hydrogen) atoms. The minimum atomic E-state index is -3.48. The summed E-state index contributed by atoms with van der Waals surface area (Å²) < 4.78 is 45.2. The number of rotatable bonds is 5. The van der Waals surface area contributed by atoms with Crippen LogP contribution in [0.3, 0.4) is 0 Å². The Morgan fingerprint density at radius 3 is 2.67 bits per heavy atom. The number of carbonyl (C=O) groups excluding carboxylic acids is 1. The van der Waals surface area contributed by atoms with Crippen LogP contribution in [0.1, 0.15) is 6.42 Å². The summed E-state index contributed by atoms with van der Waals surface area (Å²) in [7, 11) is -0.512. The van der Waals surface area contributed by atoms with Gasteiger partial charge in [0.25, 0.3) is 16.1 Å². The third-order valence-electron chi connectivity index (χ3n) is 3.75. The van der Waals surface area contributed by atoms with Crippen molar-refractivity contribution in [1.29, 1.82) is 0 Å². The highest BCUT2D eigenvalue weighted by Gasteiger charge is 2.28. The third-order valence-corrected chi connectivity index (χ3v) is 5.69. The number of hydrogen-bond donors (Lipinski definition) is 0. The molecule has 1 aliphatic heterocycles. The van der Waals surface area contributed by atoms with Gasteiger partial charge in [-0.3, -0.25) is 4.79 Å². The molecular formula is C15H22FN3O4S. The lowest BCUT2D eigenvalue weighted by Crippen LogP contribution is -2.43. The summed E-state index contributed by atoms with van der Waals surface area (Å²) in [6, 6.07) is 5.58. The van der Waals surface area contributed by atoms with Crippen LogP contribution in [-0.4, -0.2) is 74.7 Å². The number of carbonyl (C=O) groups is 1. The van der Waals surface area contributed by atoms with Crippen LogP contribution < -0.4 is 4.74 Å². The molecule has 0 bridgehead atoms. The molecule has 1 amide bonds. The van der Waals surface area contributed by atoms with E-state index in [0.29, 0.717) is 26.1 Å². The summed E-state index contributed by atoms with van der Waals surface area (Å²) in [6.45, 7) is 1.17. The van der Waals surface area contributed by atoms with Crippen molar-refractivity contribution >= 4 is 16.1 Å². The predicted molar refractivity (Wildman–Crippen MR) is 87.3 cm³/mol. The van der Waals surface area contributed by atoms with E-state index < -0.39 is 16.0 Å². The molecule has 0 spiro atoms. The molecule has 0 aromatic heterocycles. The lowest BCUT2D eigenvalue weighted by atomic mass is 10.3. The minimum Gasteiger partial charge on any atom is -0.484 e. The van der Waals surface area contributed by atoms with E-state index >= 15 is 0 Å². The van der Waals surface area contributed by atoms with Crippen molar-refractivity contribution in [3.63, 3.8) is 0 Å². The summed E-state index contributed by atoms with van der Waals surface area (Å²) in [6.07, 6.45) is 0.554. The van der Waals surface area contributed by atoms with Gasteiger partial charge in [-0.1, -0.05) is 6.07 Å². The summed E-state index contributed by atoms with van der Waals surface area (Å²) >= 11 is 0. The van der Waals surface area contributed by atoms with E-state index in [1.807, 2.05) is 0 Å². The minimum absolute atomic E-state index is 0.204. The molecule has 0 radical (unpaired) electrons. The first-order valence-electron chi connectivity index (χ1n) is 7.64. The number of halogens is 1. The van der Waals surface area contributed by atoms with Crippen LogP contribution in [0, 0.1) is 5.82 Å². The Morgan fingerprint density at radius 1 is 1.25 bits per heavy atom. The first kappa shape index (κ1) is 18.6. The van der Waals surface area contributed by atoms with Crippen LogP contribution >= 0.6 is 0 Å². The molecule has 0 saturated carbocycles. The smallest absolute Gasteiger partial charge is 0.281 e. The average molecular weight is 359 g/mol. The largest absolute Gasteiger partial charge is 0.484 e. The Morgan fingerprint density at radius 2 is 2.00 bits per heavy atom. The number of hydrogen-bond acceptors (Lipinski definition) is 4. The van der Waals surface area contributed by atoms with Crippen molar-refractivity contribution in [2.45, 2.75) is 6.42 Å². The molecule has 0 unspecified atom stereocenters. The zero-order valence-electron chi connectivity index (χ0n) is 13.8. The third kappa shape index (κ3) is 4.65. The Kier molecular flexibility index (Phi) is 6.14. The van der Waals surface area contributed by atoms with Crippen molar-refractivity contribution in [1.82, 2.24) is 13.5 Å². The second kappa shape index (κ2) is 7.91. The standard InChI is InChI=1S/C15H22FN3O4S/c1-17(2)24(21,22)19-8-4-7-18(9-10-19)15(20)12-23-14-6-3-5-13(16)11-14/h3,5-6,11H,4,7-10,12H2,1-2H3. The molecule has 2 rings (SSSR count). The van der Waals surface area contributed by atoms with Crippen LogP contribution in [0.4, 0.5) is 4.39 Å². The van der Waals surface area contributed by atoms with E-state index in [2.05, 4.69) is 0 Å². The van der Waals surface area contributed by atoms with Crippen LogP contribution in [0.5, 0.6) is 5.75 Å². The van der Waals surface area contributed by atoms with Gasteiger partial charge in [-0.05, 0) is 18.6 Å². The molecule has 1 heterocycles. The fourth-order valence-corrected chi connectivity index (χ4v) is 3.53. The van der Waals surface area contributed by atoms with Crippen LogP contribution in [0.2, 0.25) is 0 Å². The zero-order chi connectivity index (χ0) is 17.7. The van der Waals surface area contributed by atoms with E-state index in [0.717, 1.165) is 4.31 Å². The van der Waals surface area contributed by atoms with Crippen LogP contribution in [0.15, 0.2) is 24.3 Å². The van der Waals surface area contributed by atoms with E-state index in [1.54, 1.807) is 11.0 Å². The Labute approximate surface area is 141 Å². The van der Waals surface area contributed by atoms with Gasteiger partial charge < -0.3 is 9.64 Å². The van der Waals surface area contributed by atoms with E-state index in [9.17, 15) is 17.6 Å². The van der Waals surface area contributed by atoms with Gasteiger partial charge in [0.1, 0.15) is 11.6 Å². The monoisotopic (exact) mass is 359 g/mol. The summed E-state index contributed by atoms with van der Waals surface area (Å²) in [5, 5.41) is 0. The second-order valence-corrected chi connectivity index (χ2v) is 7.81. The molecule has 1 aliphatic rings. The lowest BCUT2D eigenvalue weighted by molar-refractivity contribution is -0.133. The summed E-state index contributed by atoms with van der Waals surface area (Å²) in [5.74, 6) is -0.391. The fraction of sp³-hybridized carbons (Fsp3) is 0.533. The zero-order valence-corrected chi connectivity index (χ0v) is 14.6. The number of benzene rings is 1. The van der Waals surface area contributed by atoms with Crippen molar-refractivity contribution in [3.05, 3.63) is 30.1 Å². The maximum absolute atomic E-state index is 13.1. The summed E-state index contributed by atoms with van der Waals surface area (Å²) in [4.78, 5) is 13.8. The molecule has 1 saturated heterocycles. The predicted octanol–water partition coefficient (Wildman–Crippen LogP) is 0.545. The lowest BCUT2D eigenvalue weighted by Gasteiger charge is -2.24. The molecule has 1 fully saturated rings. The molecule has 0 N–H and O–H groups in total. The quantitative estimate of drug-likeness (QED) is 0.770. The Bertz CT molecular complexity index is 681. The van der Waals surface area contributed by atoms with Gasteiger partial charge in [-0.2, -0.15) is 17.0 Å². The highest BCUT2D eigenvalue weighted by Crippen LogP contribution is 2.13. The van der Waals surface area contributed by atoms with Crippen molar-refractivity contribution < 1.29 is 22.3 Å². The highest BCUT2D eigenvalue weighted by atomic mass is 32.2. The topological polar surface area (TPSA) is 70.2 Å². The molecule has 1 aromatic rings. The fourth-order valence-electron chi connectivity index (χ4n) is 2.40. The first-order chi connectivity index (χ1) is 11.3. The Balaban J connectivity index is 1.90. The van der Waals surface area contributed by atoms with E-state index in [4.69, 9.17) is 4.74 Å². The SMILES string of the molecule is CN(C)S(=O)(=O)N1CCCN(C(=O)COc2cccc(F)c2)CC1. The molecule has 0 aliphatic carbocycles. The van der Waals surface area contributed by atoms with Gasteiger partial charge in [0.05, 0.1) is 0 Å². The van der Waals surface area contributed by atoms with Gasteiger partial charge in [-0.15, -0.1) is 0 Å². The summed E-state index contributed by atoms with van der Waals surface area (Å²) in [5.41, 5.74) is 0. The molecule has 1 aromatic carbocycles. The van der Waals surface area contributed by atoms with Crippen LogP contribution in [0.25, 0.3) is 0 Å². The van der Waals surface area contributed by atoms with E-state index in [-0.39, 0.29) is 24.8 Å². The molecular weight excluding hydrogens is 337 g/mol. The number of amides is 1. The van der Waals surface area contributed by atoms with Crippen molar-refractivity contribution in [2.75, 3.05) is 46.9 Å². The average Bonchev–Trinajstić information content (AvgIpc) is 2.79. The van der Waals surface area contributed by atoms with Gasteiger partial charge >= 0.3 is 0 Å². The molecule has 7 nitrogen and oxygen atoms in total. The van der Waals surface area contributed by atoms with Gasteiger partial charge in [0, 0.05) is 46.3 Å². The van der Waals surface area contributed by atoms with Gasteiger partial charge in [0.15, 0.2) is 6.61 Å². The van der Waals surface area contributed by atoms with Crippen molar-refractivity contribution in [3.8, 4) is 5.75 Å².